The third-order valence-electron chi connectivity index (χ3n) is 4.43. The summed E-state index contributed by atoms with van der Waals surface area (Å²) in [7, 11) is 1.72. The molecule has 0 spiro atoms. The molecule has 1 aromatic carbocycles. The molecular formula is C22H26ClN3O3S. The van der Waals surface area contributed by atoms with E-state index in [0.717, 1.165) is 5.56 Å². The first-order valence-corrected chi connectivity index (χ1v) is 11.1. The topological polar surface area (TPSA) is 77.1 Å². The maximum Gasteiger partial charge on any atom is 0.318 e. The zero-order valence-electron chi connectivity index (χ0n) is 18.1. The van der Waals surface area contributed by atoms with Gasteiger partial charge in [-0.25, -0.2) is 0 Å². The van der Waals surface area contributed by atoms with Crippen LogP contribution < -0.4 is 0 Å². The van der Waals surface area contributed by atoms with Gasteiger partial charge in [0, 0.05) is 7.05 Å². The molecule has 0 aliphatic carbocycles. The van der Waals surface area contributed by atoms with Crippen LogP contribution in [0, 0.1) is 18.3 Å². The molecule has 160 valence electrons. The summed E-state index contributed by atoms with van der Waals surface area (Å²) in [4.78, 5) is 11.7. The first kappa shape index (κ1) is 23.8. The lowest BCUT2D eigenvalue weighted by Crippen LogP contribution is -2.12. The number of hydrogen-bond donors (Lipinski definition) is 0. The van der Waals surface area contributed by atoms with E-state index < -0.39 is 5.97 Å². The van der Waals surface area contributed by atoms with Gasteiger partial charge in [-0.1, -0.05) is 56.6 Å². The number of allylic oxidation sites excluding steroid dienone is 1. The summed E-state index contributed by atoms with van der Waals surface area (Å²) in [6.45, 7) is 7.81. The van der Waals surface area contributed by atoms with Crippen LogP contribution in [0.1, 0.15) is 43.3 Å². The predicted octanol–water partition coefficient (Wildman–Crippen LogP) is 4.95. The van der Waals surface area contributed by atoms with Gasteiger partial charge in [-0.2, -0.15) is 22.1 Å². The van der Waals surface area contributed by atoms with Crippen molar-refractivity contribution in [1.82, 2.24) is 9.78 Å². The van der Waals surface area contributed by atoms with Gasteiger partial charge in [-0.3, -0.25) is 9.48 Å². The highest BCUT2D eigenvalue weighted by Gasteiger charge is 2.23. The Kier molecular flexibility index (Phi) is 7.99. The number of rotatable bonds is 7. The van der Waals surface area contributed by atoms with E-state index in [1.807, 2.05) is 24.3 Å². The third kappa shape index (κ3) is 5.59. The fourth-order valence-electron chi connectivity index (χ4n) is 2.83. The van der Waals surface area contributed by atoms with Gasteiger partial charge in [0.05, 0.1) is 16.5 Å². The fraction of sp³-hybridized carbons (Fsp3) is 0.409. The van der Waals surface area contributed by atoms with E-state index in [4.69, 9.17) is 21.1 Å². The number of benzene rings is 1. The van der Waals surface area contributed by atoms with Crippen molar-refractivity contribution in [3.05, 3.63) is 51.8 Å². The van der Waals surface area contributed by atoms with Crippen LogP contribution in [0.2, 0.25) is 5.02 Å². The van der Waals surface area contributed by atoms with Crippen molar-refractivity contribution in [2.24, 2.45) is 7.05 Å². The average Bonchev–Trinajstić information content (AvgIpc) is 2.93. The van der Waals surface area contributed by atoms with Gasteiger partial charge in [0.25, 0.3) is 0 Å². The predicted molar refractivity (Wildman–Crippen MR) is 121 cm³/mol. The summed E-state index contributed by atoms with van der Waals surface area (Å²) in [5.74, 6) is 0.0288. The summed E-state index contributed by atoms with van der Waals surface area (Å²) in [5, 5.41) is 14.6. The second-order valence-corrected chi connectivity index (χ2v) is 8.97. The summed E-state index contributed by atoms with van der Waals surface area (Å²) in [6.07, 6.45) is 1.81. The molecule has 0 saturated heterocycles. The molecule has 0 aliphatic rings. The molecule has 0 radical (unpaired) electrons. The molecule has 2 aromatic rings. The number of ether oxygens (including phenoxy) is 2. The maximum atomic E-state index is 11.7. The number of halogens is 1. The van der Waals surface area contributed by atoms with Gasteiger partial charge in [-0.05, 0) is 29.7 Å². The first-order chi connectivity index (χ1) is 14.1. The molecule has 30 heavy (non-hydrogen) atoms. The molecule has 6 nitrogen and oxygen atoms in total. The van der Waals surface area contributed by atoms with Crippen molar-refractivity contribution in [3.63, 3.8) is 0 Å². The summed E-state index contributed by atoms with van der Waals surface area (Å²) in [6, 6.07) is 9.93. The summed E-state index contributed by atoms with van der Waals surface area (Å²) >= 11 is 7.81. The van der Waals surface area contributed by atoms with E-state index >= 15 is 0 Å². The SMILES string of the molecule is CSCC(=O)OCO/C(=C(/C#N)c1ccc(C(C)(C)C)cc1)c1c(Cl)c(C)nn1C. The smallest absolute Gasteiger partial charge is 0.318 e. The van der Waals surface area contributed by atoms with Crippen molar-refractivity contribution in [2.75, 3.05) is 18.8 Å². The van der Waals surface area contributed by atoms with E-state index in [2.05, 4.69) is 31.9 Å². The lowest BCUT2D eigenvalue weighted by molar-refractivity contribution is -0.148. The van der Waals surface area contributed by atoms with E-state index in [0.29, 0.717) is 22.0 Å². The number of aryl methyl sites for hydroxylation is 2. The molecule has 0 unspecified atom stereocenters. The van der Waals surface area contributed by atoms with Crippen LogP contribution in [-0.2, 0) is 26.7 Å². The molecule has 0 N–H and O–H groups in total. The lowest BCUT2D eigenvalue weighted by atomic mass is 9.86. The molecule has 1 aromatic heterocycles. The van der Waals surface area contributed by atoms with E-state index in [1.54, 1.807) is 24.9 Å². The second-order valence-electron chi connectivity index (χ2n) is 7.73. The third-order valence-corrected chi connectivity index (χ3v) is 5.40. The molecule has 0 aliphatic heterocycles. The lowest BCUT2D eigenvalue weighted by Gasteiger charge is -2.19. The van der Waals surface area contributed by atoms with Gasteiger partial charge < -0.3 is 9.47 Å². The number of thioether (sulfide) groups is 1. The van der Waals surface area contributed by atoms with Crippen molar-refractivity contribution in [1.29, 1.82) is 5.26 Å². The molecule has 8 heteroatoms. The van der Waals surface area contributed by atoms with Crippen molar-refractivity contribution in [3.8, 4) is 6.07 Å². The number of esters is 1. The molecule has 0 amide bonds. The van der Waals surface area contributed by atoms with Crippen LogP contribution in [-0.4, -0.2) is 34.6 Å². The first-order valence-electron chi connectivity index (χ1n) is 9.32. The van der Waals surface area contributed by atoms with Gasteiger partial charge in [0.15, 0.2) is 5.76 Å². The van der Waals surface area contributed by atoms with Crippen LogP contribution in [0.3, 0.4) is 0 Å². The normalized spacial score (nSPS) is 12.2. The maximum absolute atomic E-state index is 11.7. The Bertz CT molecular complexity index is 983. The van der Waals surface area contributed by atoms with Crippen LogP contribution in [0.15, 0.2) is 24.3 Å². The molecule has 1 heterocycles. The fourth-order valence-corrected chi connectivity index (χ4v) is 3.40. The second kappa shape index (κ2) is 10.1. The van der Waals surface area contributed by atoms with Crippen LogP contribution >= 0.6 is 23.4 Å². The quantitative estimate of drug-likeness (QED) is 0.258. The van der Waals surface area contributed by atoms with Crippen molar-refractivity contribution in [2.45, 2.75) is 33.1 Å². The molecule has 2 rings (SSSR count). The van der Waals surface area contributed by atoms with E-state index in [1.165, 1.54) is 11.8 Å². The molecule has 0 fully saturated rings. The Labute approximate surface area is 186 Å². The highest BCUT2D eigenvalue weighted by molar-refractivity contribution is 7.99. The highest BCUT2D eigenvalue weighted by Crippen LogP contribution is 2.34. The van der Waals surface area contributed by atoms with E-state index in [9.17, 15) is 10.1 Å². The standard InChI is InChI=1S/C22H26ClN3O3S/c1-14-19(23)20(26(5)25-14)21(29-13-28-18(27)12-30-6)17(11-24)15-7-9-16(10-8-15)22(2,3)4/h7-10H,12-13H2,1-6H3/b21-17-. The zero-order chi connectivity index (χ0) is 22.5. The largest absolute Gasteiger partial charge is 0.454 e. The Hall–Kier alpha value is -2.43. The number of carbonyl (C=O) groups is 1. The van der Waals surface area contributed by atoms with Crippen LogP contribution in [0.4, 0.5) is 0 Å². The Morgan fingerprint density at radius 3 is 2.37 bits per heavy atom. The number of aromatic nitrogens is 2. The Balaban J connectivity index is 2.52. The van der Waals surface area contributed by atoms with E-state index in [-0.39, 0.29) is 29.3 Å². The minimum atomic E-state index is -0.401. The van der Waals surface area contributed by atoms with Crippen molar-refractivity contribution >= 4 is 40.7 Å². The van der Waals surface area contributed by atoms with Gasteiger partial charge in [0.2, 0.25) is 6.79 Å². The molecule has 0 atom stereocenters. The van der Waals surface area contributed by atoms with Crippen LogP contribution in [0.25, 0.3) is 11.3 Å². The number of nitrogens with zero attached hydrogens (tertiary/aromatic N) is 3. The van der Waals surface area contributed by atoms with Gasteiger partial charge in [0.1, 0.15) is 17.3 Å². The highest BCUT2D eigenvalue weighted by atomic mass is 35.5. The summed E-state index contributed by atoms with van der Waals surface area (Å²) < 4.78 is 12.5. The number of nitriles is 1. The van der Waals surface area contributed by atoms with Crippen molar-refractivity contribution < 1.29 is 14.3 Å². The Morgan fingerprint density at radius 1 is 1.27 bits per heavy atom. The average molecular weight is 448 g/mol. The molecule has 0 bridgehead atoms. The minimum Gasteiger partial charge on any atom is -0.454 e. The van der Waals surface area contributed by atoms with Crippen LogP contribution in [0.5, 0.6) is 0 Å². The number of hydrogen-bond acceptors (Lipinski definition) is 6. The molecular weight excluding hydrogens is 422 g/mol. The monoisotopic (exact) mass is 447 g/mol. The number of carbonyl (C=O) groups excluding carboxylic acids is 1. The Morgan fingerprint density at radius 2 is 1.90 bits per heavy atom. The minimum absolute atomic E-state index is 0.0116. The zero-order valence-corrected chi connectivity index (χ0v) is 19.6. The summed E-state index contributed by atoms with van der Waals surface area (Å²) in [5.41, 5.74) is 3.14. The van der Waals surface area contributed by atoms with Gasteiger partial charge >= 0.3 is 5.97 Å². The molecule has 0 saturated carbocycles. The van der Waals surface area contributed by atoms with Gasteiger partial charge in [-0.15, -0.1) is 0 Å².